The molecule has 0 saturated heterocycles. The Morgan fingerprint density at radius 2 is 1.12 bits per heavy atom. The first kappa shape index (κ1) is 41.9. The topological polar surface area (TPSA) is 89.5 Å². The van der Waals surface area contributed by atoms with Crippen molar-refractivity contribution < 1.29 is 21.6 Å². The summed E-state index contributed by atoms with van der Waals surface area (Å²) in [6.07, 6.45) is 2.91. The summed E-state index contributed by atoms with van der Waals surface area (Å²) >= 11 is 0. The summed E-state index contributed by atoms with van der Waals surface area (Å²) in [6.45, 7) is 17.7. The zero-order valence-corrected chi connectivity index (χ0v) is 36.7. The van der Waals surface area contributed by atoms with Crippen LogP contribution in [0.1, 0.15) is 129 Å². The third kappa shape index (κ3) is 8.58. The van der Waals surface area contributed by atoms with E-state index in [-0.39, 0.29) is 9.79 Å². The Hall–Kier alpha value is -5.28. The van der Waals surface area contributed by atoms with E-state index in [9.17, 15) is 16.8 Å². The molecule has 0 radical (unpaired) electrons. The van der Waals surface area contributed by atoms with Crippen molar-refractivity contribution in [2.24, 2.45) is 0 Å². The van der Waals surface area contributed by atoms with Crippen molar-refractivity contribution in [3.63, 3.8) is 0 Å². The van der Waals surface area contributed by atoms with Gasteiger partial charge in [0, 0.05) is 21.9 Å². The van der Waals surface area contributed by atoms with Crippen LogP contribution >= 0.6 is 0 Å². The summed E-state index contributed by atoms with van der Waals surface area (Å²) in [4.78, 5) is -0.306. The summed E-state index contributed by atoms with van der Waals surface area (Å²) in [5.74, 6) is 2.48. The van der Waals surface area contributed by atoms with Crippen molar-refractivity contribution >= 4 is 31.7 Å². The quantitative estimate of drug-likeness (QED) is 0.133. The fourth-order valence-electron chi connectivity index (χ4n) is 8.24. The minimum absolute atomic E-state index is 0.147. The zero-order valence-electron chi connectivity index (χ0n) is 35.1. The van der Waals surface area contributed by atoms with Crippen LogP contribution in [0.25, 0.3) is 11.6 Å². The lowest BCUT2D eigenvalue weighted by Crippen LogP contribution is -2.31. The van der Waals surface area contributed by atoms with Crippen LogP contribution < -0.4 is 19.3 Å². The van der Waals surface area contributed by atoms with Gasteiger partial charge in [0.1, 0.15) is 11.5 Å². The Bertz CT molecular complexity index is 2840. The van der Waals surface area contributed by atoms with Gasteiger partial charge in [-0.25, -0.2) is 16.8 Å². The standard InChI is InChI=1S/C51H53NO5S2/c1-32(2)39-19-14-20-40(33(3)4)46(39)28-36-24-26-43-48(30-36)57-49-31-37(29-47-41(34(5)6)21-15-22-42(47)35(7)8)25-27-44(49)51(43)45-18-12-13-23-50(45)59(55,56)52-58(53,54)38-16-10-9-11-17-38/h9-28,30-35,52H,29H2,1-8H3/b36-28+. The van der Waals surface area contributed by atoms with Crippen LogP contribution in [0.3, 0.4) is 0 Å². The predicted molar refractivity (Wildman–Crippen MR) is 240 cm³/mol. The minimum atomic E-state index is -4.61. The van der Waals surface area contributed by atoms with Gasteiger partial charge in [0.2, 0.25) is 0 Å². The van der Waals surface area contributed by atoms with Crippen molar-refractivity contribution in [3.8, 4) is 11.5 Å². The first-order valence-corrected chi connectivity index (χ1v) is 23.4. The maximum Gasteiger partial charge on any atom is 0.254 e. The van der Waals surface area contributed by atoms with Gasteiger partial charge in [-0.1, -0.05) is 146 Å². The number of nitrogens with one attached hydrogen (secondary N) is 1. The summed E-state index contributed by atoms with van der Waals surface area (Å²) in [5, 5.41) is 1.64. The Kier molecular flexibility index (Phi) is 11.9. The molecule has 59 heavy (non-hydrogen) atoms. The van der Waals surface area contributed by atoms with E-state index in [2.05, 4.69) is 110 Å². The average Bonchev–Trinajstić information content (AvgIpc) is 3.19. The van der Waals surface area contributed by atoms with Crippen LogP contribution in [0.15, 0.2) is 137 Å². The molecule has 0 fully saturated rings. The van der Waals surface area contributed by atoms with Crippen molar-refractivity contribution in [3.05, 3.63) is 188 Å². The van der Waals surface area contributed by atoms with E-state index < -0.39 is 20.0 Å². The average molecular weight is 824 g/mol. The van der Waals surface area contributed by atoms with Gasteiger partial charge in [-0.3, -0.25) is 0 Å². The van der Waals surface area contributed by atoms with E-state index >= 15 is 0 Å². The monoisotopic (exact) mass is 823 g/mol. The van der Waals surface area contributed by atoms with E-state index in [1.165, 1.54) is 51.6 Å². The number of hydrogen-bond donors (Lipinski definition) is 1. The number of hydrogen-bond acceptors (Lipinski definition) is 5. The number of rotatable bonds is 12. The first-order valence-electron chi connectivity index (χ1n) is 20.4. The van der Waals surface area contributed by atoms with Crippen molar-refractivity contribution in [1.82, 2.24) is 4.13 Å². The molecule has 0 bridgehead atoms. The van der Waals surface area contributed by atoms with Crippen LogP contribution in [0.2, 0.25) is 0 Å². The maximum atomic E-state index is 14.2. The first-order chi connectivity index (χ1) is 28.1. The van der Waals surface area contributed by atoms with Crippen molar-refractivity contribution in [1.29, 1.82) is 0 Å². The van der Waals surface area contributed by atoms with Gasteiger partial charge in [-0.05, 0) is 117 Å². The third-order valence-electron chi connectivity index (χ3n) is 11.1. The Morgan fingerprint density at radius 1 is 0.542 bits per heavy atom. The molecule has 0 atom stereocenters. The molecule has 7 rings (SSSR count). The molecule has 0 amide bonds. The smallest absolute Gasteiger partial charge is 0.254 e. The van der Waals surface area contributed by atoms with Gasteiger partial charge in [0.15, 0.2) is 0 Å². The summed E-state index contributed by atoms with van der Waals surface area (Å²) in [6, 6.07) is 39.3. The van der Waals surface area contributed by atoms with E-state index in [0.717, 1.165) is 10.8 Å². The zero-order chi connectivity index (χ0) is 42.2. The molecule has 8 heteroatoms. The number of fused-ring (bicyclic) bond motifs is 2. The Morgan fingerprint density at radius 3 is 1.73 bits per heavy atom. The van der Waals surface area contributed by atoms with Gasteiger partial charge >= 0.3 is 0 Å². The summed E-state index contributed by atoms with van der Waals surface area (Å²) in [5.41, 5.74) is 10.4. The second-order valence-corrected chi connectivity index (χ2v) is 20.3. The number of ether oxygens (including phenoxy) is 1. The highest BCUT2D eigenvalue weighted by atomic mass is 32.3. The highest BCUT2D eigenvalue weighted by molar-refractivity contribution is 8.04. The van der Waals surface area contributed by atoms with Crippen LogP contribution in [0.5, 0.6) is 11.5 Å². The second-order valence-electron chi connectivity index (χ2n) is 16.7. The molecule has 1 aliphatic heterocycles. The molecule has 1 heterocycles. The lowest BCUT2D eigenvalue weighted by Gasteiger charge is -2.24. The largest absolute Gasteiger partial charge is 0.456 e. The summed E-state index contributed by atoms with van der Waals surface area (Å²) < 4.78 is 64.2. The molecule has 0 spiro atoms. The van der Waals surface area contributed by atoms with Crippen LogP contribution in [0.4, 0.5) is 0 Å². The summed E-state index contributed by atoms with van der Waals surface area (Å²) in [7, 11) is -9.03. The molecule has 304 valence electrons. The highest BCUT2D eigenvalue weighted by Crippen LogP contribution is 2.40. The molecule has 0 saturated carbocycles. The third-order valence-corrected chi connectivity index (χ3v) is 14.7. The van der Waals surface area contributed by atoms with E-state index in [4.69, 9.17) is 4.74 Å². The molecular formula is C51H53NO5S2. The number of benzene rings is 6. The second kappa shape index (κ2) is 16.8. The molecule has 6 aromatic rings. The Balaban J connectivity index is 1.45. The lowest BCUT2D eigenvalue weighted by atomic mass is 9.85. The fraction of sp³-hybridized carbons (Fsp3) is 0.255. The van der Waals surface area contributed by atoms with Gasteiger partial charge < -0.3 is 4.74 Å². The molecule has 6 aromatic carbocycles. The van der Waals surface area contributed by atoms with E-state index in [1.807, 2.05) is 28.4 Å². The lowest BCUT2D eigenvalue weighted by molar-refractivity contribution is 0.471. The molecule has 1 aliphatic rings. The molecule has 0 aromatic heterocycles. The molecule has 1 N–H and O–H groups in total. The van der Waals surface area contributed by atoms with Gasteiger partial charge in [-0.15, -0.1) is 4.13 Å². The van der Waals surface area contributed by atoms with Gasteiger partial charge in [-0.2, -0.15) is 0 Å². The van der Waals surface area contributed by atoms with Crippen molar-refractivity contribution in [2.75, 3.05) is 0 Å². The molecule has 0 aliphatic carbocycles. The van der Waals surface area contributed by atoms with Gasteiger partial charge in [0.25, 0.3) is 20.0 Å². The highest BCUT2D eigenvalue weighted by Gasteiger charge is 2.30. The van der Waals surface area contributed by atoms with Crippen LogP contribution in [-0.4, -0.2) is 16.8 Å². The maximum absolute atomic E-state index is 14.2. The fourth-order valence-corrected chi connectivity index (χ4v) is 11.4. The Labute approximate surface area is 350 Å². The SMILES string of the molecule is CC(C)c1cccc(C(C)C)c1/C=c1\ccc2c(c1)Oc1cc(Cc3c(C(C)C)cccc3C(C)C)ccc1C=2c1ccccc1S(=O)(=O)NS(=O)(=O)c1ccccc1. The van der Waals surface area contributed by atoms with Crippen LogP contribution in [-0.2, 0) is 26.5 Å². The van der Waals surface area contributed by atoms with E-state index in [0.29, 0.717) is 63.5 Å². The number of sulfonamides is 2. The predicted octanol–water partition coefficient (Wildman–Crippen LogP) is 10.6. The minimum Gasteiger partial charge on any atom is -0.456 e. The molecular weight excluding hydrogens is 771 g/mol. The van der Waals surface area contributed by atoms with Crippen molar-refractivity contribution in [2.45, 2.75) is 95.3 Å². The van der Waals surface area contributed by atoms with Gasteiger partial charge in [0.05, 0.1) is 9.79 Å². The molecule has 0 unspecified atom stereocenters. The molecule has 6 nitrogen and oxygen atoms in total. The van der Waals surface area contributed by atoms with E-state index in [1.54, 1.807) is 36.4 Å². The normalized spacial score (nSPS) is 13.3. The van der Waals surface area contributed by atoms with Crippen LogP contribution in [0, 0.1) is 0 Å².